The van der Waals surface area contributed by atoms with Crippen molar-refractivity contribution in [1.29, 1.82) is 0 Å². The Bertz CT molecular complexity index is 367. The summed E-state index contributed by atoms with van der Waals surface area (Å²) in [5, 5.41) is 0. The van der Waals surface area contributed by atoms with Crippen molar-refractivity contribution in [2.75, 3.05) is 6.61 Å². The Balaban J connectivity index is 2.49. The normalized spacial score (nSPS) is 10.6. The number of hydrogen-bond donors (Lipinski definition) is 0. The molecule has 0 aliphatic rings. The van der Waals surface area contributed by atoms with E-state index < -0.39 is 0 Å². The fourth-order valence-electron chi connectivity index (χ4n) is 1.43. The van der Waals surface area contributed by atoms with Gasteiger partial charge in [-0.3, -0.25) is 4.79 Å². The average molecular weight is 220 g/mol. The third-order valence-electron chi connectivity index (χ3n) is 2.80. The van der Waals surface area contributed by atoms with Gasteiger partial charge < -0.3 is 4.74 Å². The maximum Gasteiger partial charge on any atom is 0.138 e. The van der Waals surface area contributed by atoms with Crippen LogP contribution in [-0.4, -0.2) is 12.4 Å². The van der Waals surface area contributed by atoms with Gasteiger partial charge >= 0.3 is 0 Å². The van der Waals surface area contributed by atoms with Gasteiger partial charge in [-0.1, -0.05) is 26.0 Å². The van der Waals surface area contributed by atoms with Gasteiger partial charge in [0.05, 0.1) is 6.61 Å². The van der Waals surface area contributed by atoms with E-state index in [1.165, 1.54) is 5.56 Å². The summed E-state index contributed by atoms with van der Waals surface area (Å²) in [6, 6.07) is 5.98. The summed E-state index contributed by atoms with van der Waals surface area (Å²) in [5.41, 5.74) is 2.37. The van der Waals surface area contributed by atoms with Crippen molar-refractivity contribution in [3.05, 3.63) is 29.3 Å². The molecule has 2 nitrogen and oxygen atoms in total. The summed E-state index contributed by atoms with van der Waals surface area (Å²) in [4.78, 5) is 11.4. The summed E-state index contributed by atoms with van der Waals surface area (Å²) < 4.78 is 5.62. The van der Waals surface area contributed by atoms with Crippen LogP contribution in [0.5, 0.6) is 5.75 Å². The van der Waals surface area contributed by atoms with Gasteiger partial charge in [-0.05, 0) is 31.0 Å². The Morgan fingerprint density at radius 1 is 1.31 bits per heavy atom. The largest absolute Gasteiger partial charge is 0.493 e. The molecule has 1 rings (SSSR count). The van der Waals surface area contributed by atoms with Gasteiger partial charge in [0.1, 0.15) is 11.5 Å². The molecule has 0 heterocycles. The Morgan fingerprint density at radius 2 is 2.00 bits per heavy atom. The van der Waals surface area contributed by atoms with Crippen molar-refractivity contribution in [3.63, 3.8) is 0 Å². The second-order valence-electron chi connectivity index (χ2n) is 4.42. The highest BCUT2D eigenvalue weighted by Crippen LogP contribution is 2.20. The van der Waals surface area contributed by atoms with E-state index in [-0.39, 0.29) is 11.7 Å². The van der Waals surface area contributed by atoms with E-state index in [1.54, 1.807) is 0 Å². The van der Waals surface area contributed by atoms with Crippen molar-refractivity contribution in [3.8, 4) is 5.75 Å². The summed E-state index contributed by atoms with van der Waals surface area (Å²) >= 11 is 0. The molecule has 88 valence electrons. The van der Waals surface area contributed by atoms with Crippen molar-refractivity contribution in [1.82, 2.24) is 0 Å². The average Bonchev–Trinajstić information content (AvgIpc) is 2.24. The van der Waals surface area contributed by atoms with Gasteiger partial charge in [-0.25, -0.2) is 0 Å². The summed E-state index contributed by atoms with van der Waals surface area (Å²) in [6.07, 6.45) is 0.491. The number of carbonyl (C=O) groups is 1. The van der Waals surface area contributed by atoms with Crippen molar-refractivity contribution < 1.29 is 9.53 Å². The monoisotopic (exact) mass is 220 g/mol. The molecule has 0 radical (unpaired) electrons. The van der Waals surface area contributed by atoms with Crippen molar-refractivity contribution in [2.24, 2.45) is 5.92 Å². The molecule has 0 N–H and O–H groups in total. The highest BCUT2D eigenvalue weighted by molar-refractivity contribution is 5.80. The number of Topliss-reactive ketones (excluding diaryl/α,β-unsaturated/α-hetero) is 1. The molecular formula is C14H20O2. The minimum absolute atomic E-state index is 0.0993. The van der Waals surface area contributed by atoms with E-state index in [2.05, 4.69) is 13.0 Å². The lowest BCUT2D eigenvalue weighted by molar-refractivity contribution is -0.122. The molecule has 0 atom stereocenters. The van der Waals surface area contributed by atoms with Gasteiger partial charge in [0, 0.05) is 12.3 Å². The summed E-state index contributed by atoms with van der Waals surface area (Å²) in [5.74, 6) is 1.24. The first kappa shape index (κ1) is 12.8. The van der Waals surface area contributed by atoms with Gasteiger partial charge in [0.15, 0.2) is 0 Å². The fraction of sp³-hybridized carbons (Fsp3) is 0.500. The van der Waals surface area contributed by atoms with E-state index in [9.17, 15) is 4.79 Å². The molecule has 1 aromatic carbocycles. The van der Waals surface area contributed by atoms with E-state index in [4.69, 9.17) is 4.74 Å². The Hall–Kier alpha value is -1.31. The number of ether oxygens (including phenoxy) is 1. The summed E-state index contributed by atoms with van der Waals surface area (Å²) in [6.45, 7) is 8.40. The lowest BCUT2D eigenvalue weighted by Gasteiger charge is -2.11. The van der Waals surface area contributed by atoms with Crippen LogP contribution < -0.4 is 4.74 Å². The topological polar surface area (TPSA) is 26.3 Å². The molecule has 0 saturated carbocycles. The van der Waals surface area contributed by atoms with Crippen LogP contribution in [0.3, 0.4) is 0 Å². The fourth-order valence-corrected chi connectivity index (χ4v) is 1.43. The zero-order valence-electron chi connectivity index (χ0n) is 10.5. The number of benzene rings is 1. The standard InChI is InChI=1S/C14H20O2/c1-10(2)13(15)8-9-16-14-7-5-6-11(3)12(14)4/h5-7,10H,8-9H2,1-4H3. The molecule has 0 bridgehead atoms. The van der Waals surface area contributed by atoms with Crippen LogP contribution >= 0.6 is 0 Å². The van der Waals surface area contributed by atoms with Crippen LogP contribution in [0.4, 0.5) is 0 Å². The lowest BCUT2D eigenvalue weighted by Crippen LogP contribution is -2.12. The molecule has 0 aliphatic heterocycles. The molecular weight excluding hydrogens is 200 g/mol. The Morgan fingerprint density at radius 3 is 2.62 bits per heavy atom. The van der Waals surface area contributed by atoms with E-state index in [0.29, 0.717) is 13.0 Å². The maximum absolute atomic E-state index is 11.4. The smallest absolute Gasteiger partial charge is 0.138 e. The minimum Gasteiger partial charge on any atom is -0.493 e. The zero-order valence-corrected chi connectivity index (χ0v) is 10.5. The SMILES string of the molecule is Cc1cccc(OCCC(=O)C(C)C)c1C. The minimum atomic E-state index is 0.0993. The van der Waals surface area contributed by atoms with Crippen LogP contribution in [0.1, 0.15) is 31.4 Å². The van der Waals surface area contributed by atoms with Gasteiger partial charge in [-0.15, -0.1) is 0 Å². The predicted molar refractivity (Wildman–Crippen MR) is 65.9 cm³/mol. The second kappa shape index (κ2) is 5.69. The third-order valence-corrected chi connectivity index (χ3v) is 2.80. The first-order valence-corrected chi connectivity index (χ1v) is 5.74. The first-order chi connectivity index (χ1) is 7.52. The highest BCUT2D eigenvalue weighted by Gasteiger charge is 2.07. The quantitative estimate of drug-likeness (QED) is 0.761. The maximum atomic E-state index is 11.4. The Labute approximate surface area is 97.6 Å². The molecule has 0 amide bonds. The molecule has 0 unspecified atom stereocenters. The van der Waals surface area contributed by atoms with Crippen molar-refractivity contribution in [2.45, 2.75) is 34.1 Å². The number of hydrogen-bond acceptors (Lipinski definition) is 2. The Kier molecular flexibility index (Phi) is 4.53. The molecule has 0 spiro atoms. The van der Waals surface area contributed by atoms with Gasteiger partial charge in [-0.2, -0.15) is 0 Å². The van der Waals surface area contributed by atoms with Crippen LogP contribution in [0.25, 0.3) is 0 Å². The summed E-state index contributed by atoms with van der Waals surface area (Å²) in [7, 11) is 0. The molecule has 0 saturated heterocycles. The molecule has 16 heavy (non-hydrogen) atoms. The van der Waals surface area contributed by atoms with Crippen LogP contribution in [-0.2, 0) is 4.79 Å². The van der Waals surface area contributed by atoms with Crippen LogP contribution in [0.2, 0.25) is 0 Å². The number of rotatable bonds is 5. The van der Waals surface area contributed by atoms with Crippen LogP contribution in [0.15, 0.2) is 18.2 Å². The van der Waals surface area contributed by atoms with Crippen LogP contribution in [0, 0.1) is 19.8 Å². The molecule has 1 aromatic rings. The number of ketones is 1. The third kappa shape index (κ3) is 3.37. The van der Waals surface area contributed by atoms with E-state index in [1.807, 2.05) is 32.9 Å². The predicted octanol–water partition coefficient (Wildman–Crippen LogP) is 3.30. The number of aryl methyl sites for hydroxylation is 1. The lowest BCUT2D eigenvalue weighted by atomic mass is 10.1. The molecule has 2 heteroatoms. The van der Waals surface area contributed by atoms with E-state index in [0.717, 1.165) is 11.3 Å². The second-order valence-corrected chi connectivity index (χ2v) is 4.42. The first-order valence-electron chi connectivity index (χ1n) is 5.74. The molecule has 0 fully saturated rings. The zero-order chi connectivity index (χ0) is 12.1. The van der Waals surface area contributed by atoms with Gasteiger partial charge in [0.2, 0.25) is 0 Å². The molecule has 0 aliphatic carbocycles. The highest BCUT2D eigenvalue weighted by atomic mass is 16.5. The molecule has 0 aromatic heterocycles. The van der Waals surface area contributed by atoms with Gasteiger partial charge in [0.25, 0.3) is 0 Å². The number of carbonyl (C=O) groups excluding carboxylic acids is 1. The van der Waals surface area contributed by atoms with E-state index >= 15 is 0 Å². The van der Waals surface area contributed by atoms with Crippen molar-refractivity contribution >= 4 is 5.78 Å².